The Hall–Kier alpha value is -3.59. The number of pyridine rings is 1. The molecule has 9 nitrogen and oxygen atoms in total. The van der Waals surface area contributed by atoms with Crippen molar-refractivity contribution in [2.24, 2.45) is 17.8 Å². The molecule has 0 bridgehead atoms. The zero-order chi connectivity index (χ0) is 30.4. The number of amides is 1. The van der Waals surface area contributed by atoms with E-state index in [4.69, 9.17) is 14.2 Å². The first-order chi connectivity index (χ1) is 19.3. The number of alkyl carbamates (subject to hydrolysis) is 1. The number of Topliss-reactive ketones (excluding diaryl/α,β-unsaturated/α-hetero) is 2. The number of esters is 1. The minimum Gasteiger partial charge on any atom is -0.461 e. The Morgan fingerprint density at radius 1 is 1.17 bits per heavy atom. The summed E-state index contributed by atoms with van der Waals surface area (Å²) in [6, 6.07) is 1.28. The van der Waals surface area contributed by atoms with Gasteiger partial charge < -0.3 is 19.5 Å². The number of fused-ring (bicyclic) bond motifs is 1. The van der Waals surface area contributed by atoms with E-state index in [2.05, 4.69) is 16.9 Å². The van der Waals surface area contributed by atoms with Crippen LogP contribution in [0.4, 0.5) is 4.79 Å². The summed E-state index contributed by atoms with van der Waals surface area (Å²) in [4.78, 5) is 55.8. The highest BCUT2D eigenvalue weighted by Gasteiger charge is 2.51. The lowest BCUT2D eigenvalue weighted by Gasteiger charge is -2.35. The Morgan fingerprint density at radius 2 is 1.90 bits per heavy atom. The number of aromatic nitrogens is 1. The van der Waals surface area contributed by atoms with Gasteiger partial charge in [-0.3, -0.25) is 19.4 Å². The predicted molar refractivity (Wildman–Crippen MR) is 157 cm³/mol. The molecular weight excluding hydrogens is 524 g/mol. The van der Waals surface area contributed by atoms with Crippen molar-refractivity contribution in [1.82, 2.24) is 10.3 Å². The molecule has 3 rings (SSSR count). The summed E-state index contributed by atoms with van der Waals surface area (Å²) in [5.74, 6) is -3.08. The van der Waals surface area contributed by atoms with Crippen LogP contribution in [0, 0.1) is 17.8 Å². The van der Waals surface area contributed by atoms with Crippen molar-refractivity contribution in [3.63, 3.8) is 0 Å². The first-order valence-electron chi connectivity index (χ1n) is 14.1. The first-order valence-corrected chi connectivity index (χ1v) is 14.1. The molecule has 9 heteroatoms. The van der Waals surface area contributed by atoms with E-state index in [1.807, 2.05) is 51.1 Å². The lowest BCUT2D eigenvalue weighted by Crippen LogP contribution is -2.52. The molecule has 3 unspecified atom stereocenters. The van der Waals surface area contributed by atoms with Crippen LogP contribution in [0.5, 0.6) is 0 Å². The summed E-state index contributed by atoms with van der Waals surface area (Å²) < 4.78 is 17.2. The van der Waals surface area contributed by atoms with Gasteiger partial charge in [0.05, 0.1) is 23.9 Å². The van der Waals surface area contributed by atoms with Crippen molar-refractivity contribution < 1.29 is 33.4 Å². The van der Waals surface area contributed by atoms with E-state index in [9.17, 15) is 19.2 Å². The molecule has 2 aliphatic rings. The molecule has 3 heterocycles. The molecular formula is C32H42N2O7. The highest BCUT2D eigenvalue weighted by molar-refractivity contribution is 5.98. The number of ketones is 2. The number of hydrogen-bond acceptors (Lipinski definition) is 8. The molecule has 1 N–H and O–H groups in total. The van der Waals surface area contributed by atoms with E-state index >= 15 is 0 Å². The van der Waals surface area contributed by atoms with Gasteiger partial charge >= 0.3 is 12.1 Å². The smallest absolute Gasteiger partial charge is 0.408 e. The second kappa shape index (κ2) is 13.4. The zero-order valence-corrected chi connectivity index (χ0v) is 24.9. The van der Waals surface area contributed by atoms with Crippen LogP contribution < -0.4 is 5.32 Å². The summed E-state index contributed by atoms with van der Waals surface area (Å²) in [5, 5.41) is 2.71. The SMILES string of the molecule is C=Cc1cc(/C=C/CO[C@@]2(C)CCC(=O)C(C)C(=O)OC[C@@]3(C)OC(=O)NC3C(C)C(=O)[C@H](C)C2)cnc1/C=C\C. The van der Waals surface area contributed by atoms with Gasteiger partial charge in [0, 0.05) is 30.0 Å². The maximum absolute atomic E-state index is 13.6. The summed E-state index contributed by atoms with van der Waals surface area (Å²) in [5.41, 5.74) is 0.558. The van der Waals surface area contributed by atoms with Gasteiger partial charge in [-0.25, -0.2) is 4.79 Å². The Balaban J connectivity index is 1.81. The number of allylic oxidation sites excluding steroid dienone is 1. The van der Waals surface area contributed by atoms with Crippen molar-refractivity contribution >= 4 is 41.9 Å². The van der Waals surface area contributed by atoms with E-state index in [1.165, 1.54) is 6.92 Å². The van der Waals surface area contributed by atoms with Gasteiger partial charge in [0.2, 0.25) is 0 Å². The van der Waals surface area contributed by atoms with Crippen molar-refractivity contribution in [3.8, 4) is 0 Å². The molecule has 41 heavy (non-hydrogen) atoms. The number of carbonyl (C=O) groups is 4. The van der Waals surface area contributed by atoms with Crippen LogP contribution in [-0.2, 0) is 28.6 Å². The normalized spacial score (nSPS) is 31.9. The van der Waals surface area contributed by atoms with Gasteiger partial charge in [0.25, 0.3) is 0 Å². The van der Waals surface area contributed by atoms with Gasteiger partial charge in [0.15, 0.2) is 5.60 Å². The lowest BCUT2D eigenvalue weighted by molar-refractivity contribution is -0.158. The molecule has 1 aromatic rings. The Bertz CT molecular complexity index is 1240. The third-order valence-corrected chi connectivity index (χ3v) is 8.02. The van der Waals surface area contributed by atoms with Crippen molar-refractivity contribution in [2.45, 2.75) is 78.0 Å². The van der Waals surface area contributed by atoms with E-state index in [0.717, 1.165) is 16.8 Å². The van der Waals surface area contributed by atoms with Gasteiger partial charge in [-0.05, 0) is 58.2 Å². The summed E-state index contributed by atoms with van der Waals surface area (Å²) >= 11 is 0. The highest BCUT2D eigenvalue weighted by atomic mass is 16.6. The van der Waals surface area contributed by atoms with E-state index in [-0.39, 0.29) is 31.2 Å². The second-order valence-electron chi connectivity index (χ2n) is 11.5. The monoisotopic (exact) mass is 566 g/mol. The number of hydrogen-bond donors (Lipinski definition) is 1. The maximum atomic E-state index is 13.6. The maximum Gasteiger partial charge on any atom is 0.408 e. The van der Waals surface area contributed by atoms with Crippen LogP contribution in [0.3, 0.4) is 0 Å². The second-order valence-corrected chi connectivity index (χ2v) is 11.5. The van der Waals surface area contributed by atoms with Crippen LogP contribution in [0.15, 0.2) is 31.0 Å². The molecule has 1 aromatic heterocycles. The summed E-state index contributed by atoms with van der Waals surface area (Å²) in [6.45, 7) is 14.4. The van der Waals surface area contributed by atoms with Crippen LogP contribution in [-0.4, -0.2) is 59.1 Å². The van der Waals surface area contributed by atoms with Crippen molar-refractivity contribution in [2.75, 3.05) is 13.2 Å². The number of carbonyl (C=O) groups excluding carboxylic acids is 4. The Labute approximate surface area is 242 Å². The summed E-state index contributed by atoms with van der Waals surface area (Å²) in [6.07, 6.45) is 11.2. The molecule has 0 aliphatic carbocycles. The van der Waals surface area contributed by atoms with Crippen LogP contribution >= 0.6 is 0 Å². The summed E-state index contributed by atoms with van der Waals surface area (Å²) in [7, 11) is 0. The van der Waals surface area contributed by atoms with E-state index in [1.54, 1.807) is 26.1 Å². The molecule has 2 fully saturated rings. The van der Waals surface area contributed by atoms with Crippen LogP contribution in [0.1, 0.15) is 77.6 Å². The fourth-order valence-corrected chi connectivity index (χ4v) is 5.52. The Morgan fingerprint density at radius 3 is 2.59 bits per heavy atom. The van der Waals surface area contributed by atoms with Crippen LogP contribution in [0.2, 0.25) is 0 Å². The van der Waals surface area contributed by atoms with Gasteiger partial charge in [-0.2, -0.15) is 0 Å². The third kappa shape index (κ3) is 7.79. The highest BCUT2D eigenvalue weighted by Crippen LogP contribution is 2.34. The average molecular weight is 567 g/mol. The fraction of sp³-hybridized carbons (Fsp3) is 0.531. The zero-order valence-electron chi connectivity index (χ0n) is 24.9. The molecule has 0 aromatic carbocycles. The predicted octanol–water partition coefficient (Wildman–Crippen LogP) is 5.19. The van der Waals surface area contributed by atoms with Gasteiger partial charge in [-0.15, -0.1) is 0 Å². The topological polar surface area (TPSA) is 121 Å². The lowest BCUT2D eigenvalue weighted by atomic mass is 9.77. The third-order valence-electron chi connectivity index (χ3n) is 8.02. The number of rotatable bonds is 6. The molecule has 2 aliphatic heterocycles. The molecule has 0 radical (unpaired) electrons. The molecule has 6 atom stereocenters. The van der Waals surface area contributed by atoms with Crippen LogP contribution in [0.25, 0.3) is 18.2 Å². The van der Waals surface area contributed by atoms with E-state index in [0.29, 0.717) is 12.8 Å². The molecule has 222 valence electrons. The fourth-order valence-electron chi connectivity index (χ4n) is 5.52. The minimum atomic E-state index is -1.25. The van der Waals surface area contributed by atoms with Gasteiger partial charge in [0.1, 0.15) is 24.1 Å². The van der Waals surface area contributed by atoms with E-state index < -0.39 is 47.1 Å². The average Bonchev–Trinajstić information content (AvgIpc) is 3.25. The number of nitrogens with zero attached hydrogens (tertiary/aromatic N) is 1. The van der Waals surface area contributed by atoms with Crippen molar-refractivity contribution in [1.29, 1.82) is 0 Å². The van der Waals surface area contributed by atoms with Gasteiger partial charge in [-0.1, -0.05) is 44.7 Å². The molecule has 2 saturated heterocycles. The number of ether oxygens (including phenoxy) is 3. The number of cyclic esters (lactones) is 1. The van der Waals surface area contributed by atoms with Crippen molar-refractivity contribution in [3.05, 3.63) is 47.8 Å². The number of nitrogens with one attached hydrogen (secondary N) is 1. The molecule has 0 saturated carbocycles. The first kappa shape index (κ1) is 31.9. The molecule has 0 spiro atoms. The minimum absolute atomic E-state index is 0.0790. The largest absolute Gasteiger partial charge is 0.461 e. The molecule has 1 amide bonds. The Kier molecular flexibility index (Phi) is 10.4. The standard InChI is InChI=1S/C32H42N2O7/c1-8-11-25-24(9-2)16-23(18-33-25)12-10-15-40-31(6)14-13-26(35)21(4)29(37)39-19-32(7)28(34-30(38)41-32)22(5)27(36)20(3)17-31/h8-12,16,18,20-22,28H,2,13-15,17,19H2,1,3-7H3,(H,34,38)/b11-8-,12-10+/t20-,21?,22?,28?,31+,32-/m1/s1. The quantitative estimate of drug-likeness (QED) is 0.369.